The van der Waals surface area contributed by atoms with E-state index in [1.54, 1.807) is 6.08 Å². The fourth-order valence-corrected chi connectivity index (χ4v) is 1.79. The Morgan fingerprint density at radius 2 is 1.64 bits per heavy atom. The van der Waals surface area contributed by atoms with Crippen molar-refractivity contribution in [2.45, 2.75) is 44.9 Å². The Labute approximate surface area is 85.3 Å². The summed E-state index contributed by atoms with van der Waals surface area (Å²) in [6.45, 7) is 0. The molecular formula is C12H18O2. The van der Waals surface area contributed by atoms with E-state index in [0.29, 0.717) is 0 Å². The van der Waals surface area contributed by atoms with Gasteiger partial charge in [0.2, 0.25) is 0 Å². The van der Waals surface area contributed by atoms with Gasteiger partial charge in [0.25, 0.3) is 0 Å². The van der Waals surface area contributed by atoms with E-state index in [1.165, 1.54) is 43.8 Å². The molecule has 1 aliphatic carbocycles. The molecule has 78 valence electrons. The highest BCUT2D eigenvalue weighted by molar-refractivity contribution is 5.80. The van der Waals surface area contributed by atoms with Gasteiger partial charge in [0, 0.05) is 6.08 Å². The molecule has 0 unspecified atom stereocenters. The van der Waals surface area contributed by atoms with E-state index in [2.05, 4.69) is 0 Å². The summed E-state index contributed by atoms with van der Waals surface area (Å²) in [4.78, 5) is 10.2. The van der Waals surface area contributed by atoms with Gasteiger partial charge in [-0.15, -0.1) is 0 Å². The second kappa shape index (κ2) is 6.41. The molecule has 1 fully saturated rings. The first-order chi connectivity index (χ1) is 6.79. The molecular weight excluding hydrogens is 176 g/mol. The van der Waals surface area contributed by atoms with Crippen LogP contribution in [0.1, 0.15) is 44.9 Å². The fraction of sp³-hybridized carbons (Fsp3) is 0.583. The zero-order valence-electron chi connectivity index (χ0n) is 8.54. The number of aliphatic carboxylic acids is 1. The van der Waals surface area contributed by atoms with Gasteiger partial charge in [-0.2, -0.15) is 0 Å². The van der Waals surface area contributed by atoms with Gasteiger partial charge in [-0.1, -0.05) is 37.0 Å². The van der Waals surface area contributed by atoms with Crippen LogP contribution in [0, 0.1) is 0 Å². The minimum absolute atomic E-state index is 0.868. The zero-order chi connectivity index (χ0) is 10.2. The van der Waals surface area contributed by atoms with E-state index >= 15 is 0 Å². The summed E-state index contributed by atoms with van der Waals surface area (Å²) in [6, 6.07) is 0. The van der Waals surface area contributed by atoms with Crippen LogP contribution >= 0.6 is 0 Å². The third-order valence-electron chi connectivity index (χ3n) is 2.57. The summed E-state index contributed by atoms with van der Waals surface area (Å²) < 4.78 is 0. The van der Waals surface area contributed by atoms with Crippen molar-refractivity contribution in [1.29, 1.82) is 0 Å². The van der Waals surface area contributed by atoms with Gasteiger partial charge in [0.05, 0.1) is 0 Å². The van der Waals surface area contributed by atoms with E-state index in [9.17, 15) is 4.79 Å². The molecule has 14 heavy (non-hydrogen) atoms. The second-order valence-corrected chi connectivity index (χ2v) is 3.79. The number of rotatable bonds is 2. The van der Waals surface area contributed by atoms with Gasteiger partial charge >= 0.3 is 5.97 Å². The molecule has 0 aromatic heterocycles. The smallest absolute Gasteiger partial charge is 0.328 e. The predicted octanol–water partition coefficient (Wildman–Crippen LogP) is 3.30. The van der Waals surface area contributed by atoms with E-state index in [-0.39, 0.29) is 0 Å². The number of allylic oxidation sites excluding steroid dienone is 3. The molecule has 0 aromatic rings. The SMILES string of the molecule is O=C(O)/C=C/C=C1CCCCCCC1. The Hall–Kier alpha value is -1.05. The Balaban J connectivity index is 2.42. The van der Waals surface area contributed by atoms with Crippen molar-refractivity contribution in [1.82, 2.24) is 0 Å². The number of carboxylic acid groups (broad SMARTS) is 1. The summed E-state index contributed by atoms with van der Waals surface area (Å²) >= 11 is 0. The Bertz CT molecular complexity index is 229. The van der Waals surface area contributed by atoms with Crippen molar-refractivity contribution >= 4 is 5.97 Å². The molecule has 0 spiro atoms. The monoisotopic (exact) mass is 194 g/mol. The lowest BCUT2D eigenvalue weighted by Crippen LogP contribution is -1.91. The van der Waals surface area contributed by atoms with Crippen molar-refractivity contribution in [2.75, 3.05) is 0 Å². The van der Waals surface area contributed by atoms with Gasteiger partial charge in [0.1, 0.15) is 0 Å². The predicted molar refractivity (Wildman–Crippen MR) is 57.2 cm³/mol. The average Bonchev–Trinajstić information content (AvgIpc) is 2.07. The number of carboxylic acids is 1. The van der Waals surface area contributed by atoms with E-state index in [4.69, 9.17) is 5.11 Å². The molecule has 0 aliphatic heterocycles. The summed E-state index contributed by atoms with van der Waals surface area (Å²) in [5, 5.41) is 8.43. The van der Waals surface area contributed by atoms with Crippen LogP contribution in [-0.4, -0.2) is 11.1 Å². The Kier molecular flexibility index (Phi) is 5.05. The largest absolute Gasteiger partial charge is 0.478 e. The fourth-order valence-electron chi connectivity index (χ4n) is 1.79. The molecule has 0 aromatic carbocycles. The molecule has 1 rings (SSSR count). The molecule has 0 radical (unpaired) electrons. The molecule has 0 amide bonds. The van der Waals surface area contributed by atoms with Gasteiger partial charge in [-0.3, -0.25) is 0 Å². The maximum atomic E-state index is 10.2. The molecule has 1 N–H and O–H groups in total. The van der Waals surface area contributed by atoms with E-state index in [1.807, 2.05) is 6.08 Å². The van der Waals surface area contributed by atoms with Crippen molar-refractivity contribution in [2.24, 2.45) is 0 Å². The summed E-state index contributed by atoms with van der Waals surface area (Å²) in [5.41, 5.74) is 1.40. The lowest BCUT2D eigenvalue weighted by Gasteiger charge is -2.10. The molecule has 0 saturated heterocycles. The quantitative estimate of drug-likeness (QED) is 0.685. The normalized spacial score (nSPS) is 19.0. The molecule has 1 aliphatic rings. The first-order valence-corrected chi connectivity index (χ1v) is 5.38. The van der Waals surface area contributed by atoms with Crippen LogP contribution in [-0.2, 0) is 4.79 Å². The number of hydrogen-bond donors (Lipinski definition) is 1. The summed E-state index contributed by atoms with van der Waals surface area (Å²) in [5.74, 6) is -0.868. The van der Waals surface area contributed by atoms with Gasteiger partial charge in [-0.05, 0) is 25.7 Å². The minimum atomic E-state index is -0.868. The summed E-state index contributed by atoms with van der Waals surface area (Å²) in [7, 11) is 0. The van der Waals surface area contributed by atoms with Crippen LogP contribution in [0.2, 0.25) is 0 Å². The van der Waals surface area contributed by atoms with Gasteiger partial charge in [-0.25, -0.2) is 4.79 Å². The molecule has 2 heteroatoms. The Morgan fingerprint density at radius 3 is 2.21 bits per heavy atom. The standard InChI is InChI=1S/C12H18O2/c13-12(14)10-6-9-11-7-4-2-1-3-5-8-11/h6,9-10H,1-5,7-8H2,(H,13,14)/b10-6+. The Morgan fingerprint density at radius 1 is 1.07 bits per heavy atom. The van der Waals surface area contributed by atoms with Crippen LogP contribution in [0.15, 0.2) is 23.8 Å². The van der Waals surface area contributed by atoms with Crippen LogP contribution in [0.5, 0.6) is 0 Å². The van der Waals surface area contributed by atoms with Crippen molar-refractivity contribution < 1.29 is 9.90 Å². The van der Waals surface area contributed by atoms with Gasteiger partial charge < -0.3 is 5.11 Å². The maximum absolute atomic E-state index is 10.2. The molecule has 0 atom stereocenters. The third kappa shape index (κ3) is 4.85. The topological polar surface area (TPSA) is 37.3 Å². The van der Waals surface area contributed by atoms with Crippen LogP contribution in [0.3, 0.4) is 0 Å². The van der Waals surface area contributed by atoms with Crippen LogP contribution in [0.25, 0.3) is 0 Å². The highest BCUT2D eigenvalue weighted by atomic mass is 16.4. The lowest BCUT2D eigenvalue weighted by molar-refractivity contribution is -0.131. The molecule has 0 bridgehead atoms. The highest BCUT2D eigenvalue weighted by Crippen LogP contribution is 2.21. The van der Waals surface area contributed by atoms with Crippen LogP contribution in [0.4, 0.5) is 0 Å². The summed E-state index contributed by atoms with van der Waals surface area (Å²) in [6.07, 6.45) is 13.6. The van der Waals surface area contributed by atoms with Crippen LogP contribution < -0.4 is 0 Å². The highest BCUT2D eigenvalue weighted by Gasteiger charge is 2.01. The second-order valence-electron chi connectivity index (χ2n) is 3.79. The zero-order valence-corrected chi connectivity index (χ0v) is 8.54. The van der Waals surface area contributed by atoms with Crippen molar-refractivity contribution in [3.63, 3.8) is 0 Å². The minimum Gasteiger partial charge on any atom is -0.478 e. The average molecular weight is 194 g/mol. The first-order valence-electron chi connectivity index (χ1n) is 5.38. The molecule has 2 nitrogen and oxygen atoms in total. The first kappa shape index (κ1) is 11.0. The van der Waals surface area contributed by atoms with E-state index < -0.39 is 5.97 Å². The number of hydrogen-bond acceptors (Lipinski definition) is 1. The van der Waals surface area contributed by atoms with Crippen molar-refractivity contribution in [3.05, 3.63) is 23.8 Å². The lowest BCUT2D eigenvalue weighted by atomic mass is 9.96. The molecule has 0 heterocycles. The van der Waals surface area contributed by atoms with E-state index in [0.717, 1.165) is 12.8 Å². The third-order valence-corrected chi connectivity index (χ3v) is 2.57. The van der Waals surface area contributed by atoms with Gasteiger partial charge in [0.15, 0.2) is 0 Å². The molecule has 1 saturated carbocycles. The maximum Gasteiger partial charge on any atom is 0.328 e. The van der Waals surface area contributed by atoms with Crippen molar-refractivity contribution in [3.8, 4) is 0 Å². The number of carbonyl (C=O) groups is 1.